The lowest BCUT2D eigenvalue weighted by atomic mass is 9.98. The van der Waals surface area contributed by atoms with Crippen molar-refractivity contribution < 1.29 is 31.6 Å². The molecule has 1 aromatic carbocycles. The van der Waals surface area contributed by atoms with E-state index in [2.05, 4.69) is 20.2 Å². The van der Waals surface area contributed by atoms with Crippen molar-refractivity contribution in [3.8, 4) is 22.9 Å². The van der Waals surface area contributed by atoms with Gasteiger partial charge in [-0.2, -0.15) is 18.3 Å². The predicted octanol–water partition coefficient (Wildman–Crippen LogP) is 4.57. The Hall–Kier alpha value is -3.67. The van der Waals surface area contributed by atoms with Gasteiger partial charge in [-0.05, 0) is 31.9 Å². The van der Waals surface area contributed by atoms with Gasteiger partial charge in [0.25, 0.3) is 0 Å². The predicted molar refractivity (Wildman–Crippen MR) is 109 cm³/mol. The molecule has 0 aliphatic rings. The third-order valence-electron chi connectivity index (χ3n) is 5.26. The third kappa shape index (κ3) is 4.81. The monoisotopic (exact) mass is 479 g/mol. The molecule has 0 radical (unpaired) electrons. The zero-order chi connectivity index (χ0) is 24.5. The van der Waals surface area contributed by atoms with Gasteiger partial charge in [0.1, 0.15) is 23.5 Å². The SMILES string of the molecule is CC(O)(CCc1nc(-c2cc(-c3ccon3)n(Cc3ccccc3F)n2)ncc1F)C(F)(F)F. The number of hydrogen-bond acceptors (Lipinski definition) is 6. The van der Waals surface area contributed by atoms with Gasteiger partial charge in [0.2, 0.25) is 0 Å². The molecule has 3 aromatic heterocycles. The van der Waals surface area contributed by atoms with E-state index in [0.717, 1.165) is 6.20 Å². The van der Waals surface area contributed by atoms with Crippen LogP contribution in [0.3, 0.4) is 0 Å². The largest absolute Gasteiger partial charge is 0.416 e. The highest BCUT2D eigenvalue weighted by molar-refractivity contribution is 5.62. The Balaban J connectivity index is 1.68. The van der Waals surface area contributed by atoms with Gasteiger partial charge in [-0.15, -0.1) is 0 Å². The van der Waals surface area contributed by atoms with E-state index in [9.17, 15) is 27.1 Å². The summed E-state index contributed by atoms with van der Waals surface area (Å²) >= 11 is 0. The normalized spacial score (nSPS) is 13.7. The number of aromatic nitrogens is 5. The molecule has 1 unspecified atom stereocenters. The van der Waals surface area contributed by atoms with Gasteiger partial charge in [0, 0.05) is 11.6 Å². The van der Waals surface area contributed by atoms with Crippen LogP contribution in [0, 0.1) is 11.6 Å². The smallest absolute Gasteiger partial charge is 0.381 e. The molecule has 34 heavy (non-hydrogen) atoms. The first-order valence-electron chi connectivity index (χ1n) is 10.1. The zero-order valence-electron chi connectivity index (χ0n) is 17.7. The maximum atomic E-state index is 14.2. The first kappa shape index (κ1) is 23.5. The Morgan fingerprint density at radius 1 is 1.06 bits per heavy atom. The molecule has 12 heteroatoms. The summed E-state index contributed by atoms with van der Waals surface area (Å²) in [5.41, 5.74) is -1.98. The summed E-state index contributed by atoms with van der Waals surface area (Å²) in [6.07, 6.45) is -3.99. The molecule has 1 atom stereocenters. The van der Waals surface area contributed by atoms with Gasteiger partial charge < -0.3 is 9.63 Å². The highest BCUT2D eigenvalue weighted by atomic mass is 19.4. The number of nitrogens with zero attached hydrogens (tertiary/aromatic N) is 5. The van der Waals surface area contributed by atoms with Crippen LogP contribution in [0.15, 0.2) is 53.4 Å². The van der Waals surface area contributed by atoms with Gasteiger partial charge in [-0.3, -0.25) is 4.68 Å². The van der Waals surface area contributed by atoms with Crippen molar-refractivity contribution in [3.05, 3.63) is 71.8 Å². The number of aliphatic hydroxyl groups is 1. The van der Waals surface area contributed by atoms with E-state index >= 15 is 0 Å². The quantitative estimate of drug-likeness (QED) is 0.391. The topological polar surface area (TPSA) is 89.9 Å². The maximum absolute atomic E-state index is 14.2. The summed E-state index contributed by atoms with van der Waals surface area (Å²) in [5, 5.41) is 17.9. The first-order chi connectivity index (χ1) is 16.0. The van der Waals surface area contributed by atoms with E-state index in [0.29, 0.717) is 23.9 Å². The van der Waals surface area contributed by atoms with Crippen LogP contribution in [0.1, 0.15) is 24.6 Å². The van der Waals surface area contributed by atoms with Gasteiger partial charge >= 0.3 is 6.18 Å². The molecular weight excluding hydrogens is 461 g/mol. The standard InChI is InChI=1S/C22H18F5N5O2/c1-21(33,22(25,26)27)8-6-16-15(24)11-28-20(29-16)18-10-19(17-7-9-34-31-17)32(30-18)12-13-4-2-3-5-14(13)23/h2-5,7,9-11,33H,6,8,12H2,1H3. The molecule has 0 bridgehead atoms. The molecular formula is C22H18F5N5O2. The fourth-order valence-corrected chi connectivity index (χ4v) is 3.19. The minimum absolute atomic E-state index is 0.0252. The van der Waals surface area contributed by atoms with Crippen LogP contribution in [0.2, 0.25) is 0 Å². The van der Waals surface area contributed by atoms with Gasteiger partial charge in [0.05, 0.1) is 24.1 Å². The molecule has 0 saturated heterocycles. The van der Waals surface area contributed by atoms with Crippen molar-refractivity contribution in [2.75, 3.05) is 0 Å². The van der Waals surface area contributed by atoms with Crippen molar-refractivity contribution in [3.63, 3.8) is 0 Å². The Labute approximate surface area is 189 Å². The lowest BCUT2D eigenvalue weighted by Gasteiger charge is -2.25. The Bertz CT molecular complexity index is 1290. The molecule has 178 valence electrons. The maximum Gasteiger partial charge on any atom is 0.416 e. The highest BCUT2D eigenvalue weighted by Gasteiger charge is 2.49. The summed E-state index contributed by atoms with van der Waals surface area (Å²) in [6.45, 7) is 0.638. The third-order valence-corrected chi connectivity index (χ3v) is 5.26. The molecule has 7 nitrogen and oxygen atoms in total. The molecule has 0 saturated carbocycles. The Kier molecular flexibility index (Phi) is 6.17. The summed E-state index contributed by atoms with van der Waals surface area (Å²) in [6, 6.07) is 9.21. The van der Waals surface area contributed by atoms with E-state index in [-0.39, 0.29) is 23.8 Å². The highest BCUT2D eigenvalue weighted by Crippen LogP contribution is 2.34. The second kappa shape index (κ2) is 8.93. The Morgan fingerprint density at radius 2 is 1.82 bits per heavy atom. The number of alkyl halides is 3. The number of halogens is 5. The van der Waals surface area contributed by atoms with Crippen LogP contribution in [0.5, 0.6) is 0 Å². The average Bonchev–Trinajstić information content (AvgIpc) is 3.44. The van der Waals surface area contributed by atoms with Crippen LogP contribution >= 0.6 is 0 Å². The second-order valence-electron chi connectivity index (χ2n) is 7.81. The van der Waals surface area contributed by atoms with Crippen molar-refractivity contribution in [1.82, 2.24) is 24.9 Å². The average molecular weight is 479 g/mol. The van der Waals surface area contributed by atoms with E-state index in [1.165, 1.54) is 23.1 Å². The molecule has 1 N–H and O–H groups in total. The molecule has 0 amide bonds. The number of benzene rings is 1. The molecule has 3 heterocycles. The van der Waals surface area contributed by atoms with Gasteiger partial charge in [-0.1, -0.05) is 23.4 Å². The van der Waals surface area contributed by atoms with E-state index in [4.69, 9.17) is 4.52 Å². The molecule has 0 aliphatic heterocycles. The van der Waals surface area contributed by atoms with Gasteiger partial charge in [-0.25, -0.2) is 18.7 Å². The van der Waals surface area contributed by atoms with Crippen LogP contribution in [-0.2, 0) is 13.0 Å². The minimum atomic E-state index is -4.88. The van der Waals surface area contributed by atoms with Gasteiger partial charge in [0.15, 0.2) is 17.2 Å². The van der Waals surface area contributed by atoms with E-state index < -0.39 is 36.3 Å². The summed E-state index contributed by atoms with van der Waals surface area (Å²) in [5.74, 6) is -1.41. The van der Waals surface area contributed by atoms with Crippen LogP contribution in [0.25, 0.3) is 22.9 Å². The molecule has 4 rings (SSSR count). The van der Waals surface area contributed by atoms with Crippen molar-refractivity contribution in [1.29, 1.82) is 0 Å². The lowest BCUT2D eigenvalue weighted by molar-refractivity contribution is -0.254. The van der Waals surface area contributed by atoms with Crippen LogP contribution in [0.4, 0.5) is 22.0 Å². The number of hydrogen-bond donors (Lipinski definition) is 1. The lowest BCUT2D eigenvalue weighted by Crippen LogP contribution is -2.42. The fraction of sp³-hybridized carbons (Fsp3) is 0.273. The molecule has 0 spiro atoms. The molecule has 0 aliphatic carbocycles. The van der Waals surface area contributed by atoms with E-state index in [1.807, 2.05) is 0 Å². The zero-order valence-corrected chi connectivity index (χ0v) is 17.7. The molecule has 0 fully saturated rings. The first-order valence-corrected chi connectivity index (χ1v) is 10.1. The van der Waals surface area contributed by atoms with Crippen molar-refractivity contribution in [2.24, 2.45) is 0 Å². The molecule has 4 aromatic rings. The second-order valence-corrected chi connectivity index (χ2v) is 7.81. The van der Waals surface area contributed by atoms with Crippen molar-refractivity contribution >= 4 is 0 Å². The van der Waals surface area contributed by atoms with E-state index in [1.54, 1.807) is 24.3 Å². The number of rotatable bonds is 7. The summed E-state index contributed by atoms with van der Waals surface area (Å²) in [4.78, 5) is 7.93. The van der Waals surface area contributed by atoms with Crippen LogP contribution < -0.4 is 0 Å². The van der Waals surface area contributed by atoms with Crippen LogP contribution in [-0.4, -0.2) is 41.8 Å². The number of aryl methyl sites for hydroxylation is 1. The summed E-state index contributed by atoms with van der Waals surface area (Å²) < 4.78 is 73.6. The fourth-order valence-electron chi connectivity index (χ4n) is 3.19. The minimum Gasteiger partial charge on any atom is -0.381 e. The van der Waals surface area contributed by atoms with Crippen molar-refractivity contribution in [2.45, 2.75) is 38.1 Å². The summed E-state index contributed by atoms with van der Waals surface area (Å²) in [7, 11) is 0. The Morgan fingerprint density at radius 3 is 2.50 bits per heavy atom.